The Morgan fingerprint density at radius 2 is 2.15 bits per heavy atom. The molecule has 1 N–H and O–H groups in total. The predicted molar refractivity (Wildman–Crippen MR) is 80.8 cm³/mol. The van der Waals surface area contributed by atoms with Crippen LogP contribution in [0.3, 0.4) is 0 Å². The molecular weight excluding hydrogens is 250 g/mol. The SMILES string of the molecule is CCN1CCN(c2cncc(CNC3CC3)n2)CC1C. The van der Waals surface area contributed by atoms with Gasteiger partial charge in [-0.15, -0.1) is 0 Å². The van der Waals surface area contributed by atoms with Crippen LogP contribution in [0.25, 0.3) is 0 Å². The summed E-state index contributed by atoms with van der Waals surface area (Å²) in [6.07, 6.45) is 6.40. The Labute approximate surface area is 121 Å². The first kappa shape index (κ1) is 13.8. The molecule has 20 heavy (non-hydrogen) atoms. The average molecular weight is 275 g/mol. The quantitative estimate of drug-likeness (QED) is 0.876. The van der Waals surface area contributed by atoms with Crippen molar-refractivity contribution in [2.45, 2.75) is 45.3 Å². The summed E-state index contributed by atoms with van der Waals surface area (Å²) < 4.78 is 0. The van der Waals surface area contributed by atoms with Crippen LogP contribution in [0.15, 0.2) is 12.4 Å². The van der Waals surface area contributed by atoms with Crippen LogP contribution in [-0.2, 0) is 6.54 Å². The number of piperazine rings is 1. The third-order valence-corrected chi connectivity index (χ3v) is 4.32. The fraction of sp³-hybridized carbons (Fsp3) is 0.733. The number of anilines is 1. The highest BCUT2D eigenvalue weighted by Gasteiger charge is 2.24. The van der Waals surface area contributed by atoms with Crippen molar-refractivity contribution in [3.05, 3.63) is 18.1 Å². The Hall–Kier alpha value is -1.20. The van der Waals surface area contributed by atoms with E-state index in [9.17, 15) is 0 Å². The number of hydrogen-bond donors (Lipinski definition) is 1. The third kappa shape index (κ3) is 3.27. The van der Waals surface area contributed by atoms with Crippen molar-refractivity contribution < 1.29 is 0 Å². The molecule has 1 aliphatic heterocycles. The predicted octanol–water partition coefficient (Wildman–Crippen LogP) is 1.26. The summed E-state index contributed by atoms with van der Waals surface area (Å²) in [5.41, 5.74) is 1.06. The lowest BCUT2D eigenvalue weighted by molar-refractivity contribution is 0.199. The molecule has 1 aromatic rings. The zero-order chi connectivity index (χ0) is 13.9. The molecule has 0 spiro atoms. The Balaban J connectivity index is 1.62. The highest BCUT2D eigenvalue weighted by molar-refractivity contribution is 5.37. The van der Waals surface area contributed by atoms with Crippen molar-refractivity contribution in [3.63, 3.8) is 0 Å². The molecular formula is C15H25N5. The molecule has 2 heterocycles. The van der Waals surface area contributed by atoms with Gasteiger partial charge in [0.05, 0.1) is 11.9 Å². The van der Waals surface area contributed by atoms with E-state index >= 15 is 0 Å². The van der Waals surface area contributed by atoms with E-state index in [4.69, 9.17) is 4.98 Å². The Kier molecular flexibility index (Phi) is 4.17. The summed E-state index contributed by atoms with van der Waals surface area (Å²) in [7, 11) is 0. The number of likely N-dealkylation sites (N-methyl/N-ethyl adjacent to an activating group) is 1. The summed E-state index contributed by atoms with van der Waals surface area (Å²) in [6, 6.07) is 1.30. The van der Waals surface area contributed by atoms with E-state index in [2.05, 4.69) is 33.9 Å². The van der Waals surface area contributed by atoms with Crippen LogP contribution in [-0.4, -0.2) is 53.1 Å². The minimum Gasteiger partial charge on any atom is -0.352 e. The van der Waals surface area contributed by atoms with E-state index in [0.29, 0.717) is 12.1 Å². The van der Waals surface area contributed by atoms with Crippen LogP contribution in [0.1, 0.15) is 32.4 Å². The summed E-state index contributed by atoms with van der Waals surface area (Å²) in [6.45, 7) is 9.71. The van der Waals surface area contributed by atoms with Gasteiger partial charge >= 0.3 is 0 Å². The van der Waals surface area contributed by atoms with Crippen LogP contribution in [0, 0.1) is 0 Å². The third-order valence-electron chi connectivity index (χ3n) is 4.32. The number of rotatable bonds is 5. The molecule has 5 nitrogen and oxygen atoms in total. The van der Waals surface area contributed by atoms with Gasteiger partial charge in [-0.25, -0.2) is 4.98 Å². The van der Waals surface area contributed by atoms with Gasteiger partial charge in [-0.3, -0.25) is 9.88 Å². The molecule has 0 bridgehead atoms. The van der Waals surface area contributed by atoms with Crippen molar-refractivity contribution in [2.24, 2.45) is 0 Å². The summed E-state index contributed by atoms with van der Waals surface area (Å²) in [4.78, 5) is 14.0. The molecule has 2 fully saturated rings. The van der Waals surface area contributed by atoms with Crippen molar-refractivity contribution in [1.82, 2.24) is 20.2 Å². The molecule has 0 amide bonds. The van der Waals surface area contributed by atoms with Gasteiger partial charge in [-0.05, 0) is 26.3 Å². The van der Waals surface area contributed by atoms with Gasteiger partial charge in [-0.1, -0.05) is 6.92 Å². The van der Waals surface area contributed by atoms with Crippen molar-refractivity contribution in [3.8, 4) is 0 Å². The Morgan fingerprint density at radius 1 is 1.30 bits per heavy atom. The molecule has 2 aliphatic rings. The van der Waals surface area contributed by atoms with Crippen molar-refractivity contribution >= 4 is 5.82 Å². The van der Waals surface area contributed by atoms with Gasteiger partial charge in [0.15, 0.2) is 0 Å². The molecule has 1 unspecified atom stereocenters. The van der Waals surface area contributed by atoms with Crippen molar-refractivity contribution in [1.29, 1.82) is 0 Å². The van der Waals surface area contributed by atoms with Gasteiger partial charge in [0.1, 0.15) is 5.82 Å². The second kappa shape index (κ2) is 6.06. The van der Waals surface area contributed by atoms with Gasteiger partial charge in [-0.2, -0.15) is 0 Å². The van der Waals surface area contributed by atoms with E-state index in [0.717, 1.165) is 44.2 Å². The van der Waals surface area contributed by atoms with E-state index in [1.165, 1.54) is 12.8 Å². The Morgan fingerprint density at radius 3 is 2.85 bits per heavy atom. The van der Waals surface area contributed by atoms with Crippen LogP contribution in [0.4, 0.5) is 5.82 Å². The smallest absolute Gasteiger partial charge is 0.147 e. The standard InChI is InChI=1S/C15H25N5/c1-3-19-6-7-20(11-12(19)2)15-10-16-8-14(18-15)9-17-13-4-5-13/h8,10,12-13,17H,3-7,9,11H2,1-2H3. The van der Waals surface area contributed by atoms with Crippen LogP contribution >= 0.6 is 0 Å². The van der Waals surface area contributed by atoms with E-state index in [1.54, 1.807) is 0 Å². The minimum atomic E-state index is 0.587. The zero-order valence-electron chi connectivity index (χ0n) is 12.5. The maximum absolute atomic E-state index is 4.76. The Bertz CT molecular complexity index is 446. The molecule has 5 heteroatoms. The molecule has 1 aromatic heterocycles. The van der Waals surface area contributed by atoms with Crippen LogP contribution in [0.5, 0.6) is 0 Å². The average Bonchev–Trinajstić information content (AvgIpc) is 3.29. The van der Waals surface area contributed by atoms with Crippen LogP contribution in [0.2, 0.25) is 0 Å². The molecule has 0 aromatic carbocycles. The fourth-order valence-electron chi connectivity index (χ4n) is 2.84. The largest absolute Gasteiger partial charge is 0.352 e. The van der Waals surface area contributed by atoms with Gasteiger partial charge < -0.3 is 10.2 Å². The lowest BCUT2D eigenvalue weighted by atomic mass is 10.2. The monoisotopic (exact) mass is 275 g/mol. The first-order valence-electron chi connectivity index (χ1n) is 7.79. The highest BCUT2D eigenvalue weighted by Crippen LogP contribution is 2.20. The number of nitrogens with zero attached hydrogens (tertiary/aromatic N) is 4. The summed E-state index contributed by atoms with van der Waals surface area (Å²) >= 11 is 0. The second-order valence-electron chi connectivity index (χ2n) is 5.95. The maximum Gasteiger partial charge on any atom is 0.147 e. The van der Waals surface area contributed by atoms with Gasteiger partial charge in [0, 0.05) is 44.5 Å². The second-order valence-corrected chi connectivity index (χ2v) is 5.95. The van der Waals surface area contributed by atoms with Crippen LogP contribution < -0.4 is 10.2 Å². The first-order chi connectivity index (χ1) is 9.76. The lowest BCUT2D eigenvalue weighted by Gasteiger charge is -2.39. The summed E-state index contributed by atoms with van der Waals surface area (Å²) in [5.74, 6) is 1.03. The van der Waals surface area contributed by atoms with Gasteiger partial charge in [0.25, 0.3) is 0 Å². The molecule has 1 saturated heterocycles. The zero-order valence-corrected chi connectivity index (χ0v) is 12.5. The lowest BCUT2D eigenvalue weighted by Crippen LogP contribution is -2.52. The minimum absolute atomic E-state index is 0.587. The van der Waals surface area contributed by atoms with E-state index in [1.807, 2.05) is 12.4 Å². The molecule has 3 rings (SSSR count). The number of aromatic nitrogens is 2. The molecule has 110 valence electrons. The fourth-order valence-corrected chi connectivity index (χ4v) is 2.84. The topological polar surface area (TPSA) is 44.3 Å². The normalized spacial score (nSPS) is 24.1. The molecule has 1 saturated carbocycles. The number of nitrogens with one attached hydrogen (secondary N) is 1. The van der Waals surface area contributed by atoms with Crippen molar-refractivity contribution in [2.75, 3.05) is 31.1 Å². The first-order valence-corrected chi connectivity index (χ1v) is 7.79. The highest BCUT2D eigenvalue weighted by atomic mass is 15.3. The van der Waals surface area contributed by atoms with E-state index < -0.39 is 0 Å². The molecule has 0 radical (unpaired) electrons. The molecule has 1 aliphatic carbocycles. The summed E-state index contributed by atoms with van der Waals surface area (Å²) in [5, 5.41) is 3.50. The van der Waals surface area contributed by atoms with E-state index in [-0.39, 0.29) is 0 Å². The maximum atomic E-state index is 4.76. The molecule has 1 atom stereocenters. The van der Waals surface area contributed by atoms with Gasteiger partial charge in [0.2, 0.25) is 0 Å². The number of hydrogen-bond acceptors (Lipinski definition) is 5.